The van der Waals surface area contributed by atoms with Crippen LogP contribution in [0.2, 0.25) is 0 Å². The van der Waals surface area contributed by atoms with E-state index in [4.69, 9.17) is 0 Å². The maximum absolute atomic E-state index is 4.45. The Morgan fingerprint density at radius 1 is 1.19 bits per heavy atom. The first kappa shape index (κ1) is 16.2. The van der Waals surface area contributed by atoms with E-state index in [1.165, 1.54) is 11.1 Å². The van der Waals surface area contributed by atoms with Crippen molar-refractivity contribution in [2.75, 3.05) is 5.33 Å². The number of aromatic nitrogens is 3. The van der Waals surface area contributed by atoms with Gasteiger partial charge in [0.05, 0.1) is 0 Å². The Morgan fingerprint density at radius 3 is 2.62 bits per heavy atom. The zero-order valence-corrected chi connectivity index (χ0v) is 14.7. The van der Waals surface area contributed by atoms with E-state index in [0.717, 1.165) is 30.5 Å². The van der Waals surface area contributed by atoms with Gasteiger partial charge in [-0.25, -0.2) is 9.67 Å². The van der Waals surface area contributed by atoms with Crippen LogP contribution in [0.3, 0.4) is 0 Å². The van der Waals surface area contributed by atoms with Gasteiger partial charge in [-0.15, -0.1) is 0 Å². The van der Waals surface area contributed by atoms with Gasteiger partial charge in [0.1, 0.15) is 12.2 Å². The number of alkyl halides is 1. The van der Waals surface area contributed by atoms with E-state index in [-0.39, 0.29) is 0 Å². The number of nitrogens with zero attached hydrogens (tertiary/aromatic N) is 3. The van der Waals surface area contributed by atoms with E-state index in [2.05, 4.69) is 75.7 Å². The van der Waals surface area contributed by atoms with E-state index in [1.807, 2.05) is 0 Å². The maximum Gasteiger partial charge on any atom is 0.138 e. The van der Waals surface area contributed by atoms with Gasteiger partial charge in [0.25, 0.3) is 0 Å². The Labute approximate surface area is 135 Å². The highest BCUT2D eigenvalue weighted by atomic mass is 79.9. The first-order valence-electron chi connectivity index (χ1n) is 7.57. The van der Waals surface area contributed by atoms with Crippen LogP contribution in [0.4, 0.5) is 0 Å². The fourth-order valence-electron chi connectivity index (χ4n) is 2.53. The van der Waals surface area contributed by atoms with Gasteiger partial charge in [-0.1, -0.05) is 54.0 Å². The smallest absolute Gasteiger partial charge is 0.138 e. The molecule has 0 bridgehead atoms. The van der Waals surface area contributed by atoms with Crippen LogP contribution in [0, 0.1) is 18.8 Å². The van der Waals surface area contributed by atoms with Gasteiger partial charge in [-0.05, 0) is 36.3 Å². The van der Waals surface area contributed by atoms with Gasteiger partial charge < -0.3 is 0 Å². The fourth-order valence-corrected chi connectivity index (χ4v) is 2.99. The summed E-state index contributed by atoms with van der Waals surface area (Å²) in [6.45, 7) is 7.54. The van der Waals surface area contributed by atoms with Gasteiger partial charge in [0, 0.05) is 18.3 Å². The van der Waals surface area contributed by atoms with Crippen molar-refractivity contribution < 1.29 is 0 Å². The van der Waals surface area contributed by atoms with Crippen molar-refractivity contribution in [2.45, 2.75) is 40.2 Å². The largest absolute Gasteiger partial charge is 0.250 e. The molecule has 0 aliphatic carbocycles. The van der Waals surface area contributed by atoms with E-state index in [0.29, 0.717) is 11.8 Å². The number of hydrogen-bond acceptors (Lipinski definition) is 2. The van der Waals surface area contributed by atoms with Gasteiger partial charge >= 0.3 is 0 Å². The van der Waals surface area contributed by atoms with Crippen molar-refractivity contribution in [2.24, 2.45) is 11.8 Å². The van der Waals surface area contributed by atoms with Crippen LogP contribution < -0.4 is 0 Å². The van der Waals surface area contributed by atoms with Crippen molar-refractivity contribution in [3.05, 3.63) is 47.5 Å². The summed E-state index contributed by atoms with van der Waals surface area (Å²) in [4.78, 5) is 4.45. The Hall–Kier alpha value is -1.16. The predicted octanol–water partition coefficient (Wildman–Crippen LogP) is 4.04. The topological polar surface area (TPSA) is 30.7 Å². The van der Waals surface area contributed by atoms with Crippen molar-refractivity contribution in [1.82, 2.24) is 14.8 Å². The monoisotopic (exact) mass is 349 g/mol. The molecule has 0 spiro atoms. The summed E-state index contributed by atoms with van der Waals surface area (Å²) in [6.07, 6.45) is 3.72. The molecule has 0 fully saturated rings. The highest BCUT2D eigenvalue weighted by Crippen LogP contribution is 2.18. The van der Waals surface area contributed by atoms with Gasteiger partial charge in [-0.2, -0.15) is 5.10 Å². The Balaban J connectivity index is 2.06. The van der Waals surface area contributed by atoms with Crippen molar-refractivity contribution in [3.63, 3.8) is 0 Å². The first-order valence-corrected chi connectivity index (χ1v) is 8.69. The molecule has 1 heterocycles. The summed E-state index contributed by atoms with van der Waals surface area (Å²) in [7, 11) is 0. The molecule has 0 aliphatic rings. The average molecular weight is 350 g/mol. The minimum atomic E-state index is 0.543. The maximum atomic E-state index is 4.45. The highest BCUT2D eigenvalue weighted by Gasteiger charge is 2.15. The van der Waals surface area contributed by atoms with E-state index in [9.17, 15) is 0 Å². The van der Waals surface area contributed by atoms with Crippen LogP contribution in [0.15, 0.2) is 30.6 Å². The molecule has 114 valence electrons. The molecule has 1 aromatic carbocycles. The summed E-state index contributed by atoms with van der Waals surface area (Å²) in [5.74, 6) is 2.23. The second kappa shape index (κ2) is 7.74. The van der Waals surface area contributed by atoms with E-state index >= 15 is 0 Å². The molecule has 0 saturated carbocycles. The molecule has 1 aromatic heterocycles. The zero-order chi connectivity index (χ0) is 15.2. The number of halogens is 1. The molecule has 2 rings (SSSR count). The molecule has 1 unspecified atom stereocenters. The van der Waals surface area contributed by atoms with Crippen LogP contribution in [0.25, 0.3) is 0 Å². The number of rotatable bonds is 7. The molecule has 0 saturated heterocycles. The predicted molar refractivity (Wildman–Crippen MR) is 90.7 cm³/mol. The van der Waals surface area contributed by atoms with Crippen molar-refractivity contribution in [1.29, 1.82) is 0 Å². The van der Waals surface area contributed by atoms with Gasteiger partial charge in [0.2, 0.25) is 0 Å². The first-order chi connectivity index (χ1) is 10.1. The average Bonchev–Trinajstić information content (AvgIpc) is 2.86. The molecule has 0 radical (unpaired) electrons. The number of benzene rings is 1. The molecule has 0 amide bonds. The number of aryl methyl sites for hydroxylation is 1. The van der Waals surface area contributed by atoms with E-state index in [1.54, 1.807) is 6.33 Å². The second-order valence-electron chi connectivity index (χ2n) is 6.11. The summed E-state index contributed by atoms with van der Waals surface area (Å²) in [6, 6.07) is 8.63. The minimum Gasteiger partial charge on any atom is -0.250 e. The SMILES string of the molecule is Cc1ccccc1CC(CBr)Cc1ncnn1CC(C)C. The summed E-state index contributed by atoms with van der Waals surface area (Å²) >= 11 is 3.66. The molecular formula is C17H24BrN3. The lowest BCUT2D eigenvalue weighted by atomic mass is 9.95. The number of hydrogen-bond donors (Lipinski definition) is 0. The lowest BCUT2D eigenvalue weighted by molar-refractivity contribution is 0.448. The van der Waals surface area contributed by atoms with E-state index < -0.39 is 0 Å². The normalized spacial score (nSPS) is 12.8. The fraction of sp³-hybridized carbons (Fsp3) is 0.529. The second-order valence-corrected chi connectivity index (χ2v) is 6.75. The third kappa shape index (κ3) is 4.67. The Bertz CT molecular complexity index is 563. The zero-order valence-electron chi connectivity index (χ0n) is 13.1. The molecule has 3 nitrogen and oxygen atoms in total. The summed E-state index contributed by atoms with van der Waals surface area (Å²) in [5, 5.41) is 5.34. The summed E-state index contributed by atoms with van der Waals surface area (Å²) in [5.41, 5.74) is 2.80. The van der Waals surface area contributed by atoms with Crippen LogP contribution in [-0.4, -0.2) is 20.1 Å². The third-order valence-corrected chi connectivity index (χ3v) is 4.61. The van der Waals surface area contributed by atoms with Crippen LogP contribution in [-0.2, 0) is 19.4 Å². The van der Waals surface area contributed by atoms with Gasteiger partial charge in [-0.3, -0.25) is 0 Å². The Morgan fingerprint density at radius 2 is 1.95 bits per heavy atom. The highest BCUT2D eigenvalue weighted by molar-refractivity contribution is 9.09. The molecule has 21 heavy (non-hydrogen) atoms. The van der Waals surface area contributed by atoms with Gasteiger partial charge in [0.15, 0.2) is 0 Å². The lowest BCUT2D eigenvalue weighted by Crippen LogP contribution is -2.17. The van der Waals surface area contributed by atoms with Crippen molar-refractivity contribution >= 4 is 15.9 Å². The molecule has 1 atom stereocenters. The lowest BCUT2D eigenvalue weighted by Gasteiger charge is -2.16. The Kier molecular flexibility index (Phi) is 5.97. The quantitative estimate of drug-likeness (QED) is 0.706. The molecule has 4 heteroatoms. The van der Waals surface area contributed by atoms with Crippen molar-refractivity contribution in [3.8, 4) is 0 Å². The third-order valence-electron chi connectivity index (χ3n) is 3.69. The molecule has 2 aromatic rings. The van der Waals surface area contributed by atoms with Crippen LogP contribution in [0.5, 0.6) is 0 Å². The molecule has 0 N–H and O–H groups in total. The van der Waals surface area contributed by atoms with Crippen LogP contribution in [0.1, 0.15) is 30.8 Å². The minimum absolute atomic E-state index is 0.543. The standard InChI is InChI=1S/C17H24BrN3/c1-13(2)11-21-17(19-12-20-21)9-15(10-18)8-16-7-5-4-6-14(16)3/h4-7,12-13,15H,8-11H2,1-3H3. The molecular weight excluding hydrogens is 326 g/mol. The molecule has 0 aliphatic heterocycles. The van der Waals surface area contributed by atoms with Crippen LogP contribution >= 0.6 is 15.9 Å². The summed E-state index contributed by atoms with van der Waals surface area (Å²) < 4.78 is 2.05.